The fourth-order valence-corrected chi connectivity index (χ4v) is 3.39. The highest BCUT2D eigenvalue weighted by molar-refractivity contribution is 9.09. The lowest BCUT2D eigenvalue weighted by Crippen LogP contribution is -2.37. The van der Waals surface area contributed by atoms with Gasteiger partial charge in [0.25, 0.3) is 0 Å². The van der Waals surface area contributed by atoms with Crippen LogP contribution in [-0.4, -0.2) is 34.1 Å². The van der Waals surface area contributed by atoms with E-state index in [0.717, 1.165) is 11.1 Å². The number of carbonyl (C=O) groups excluding carboxylic acids is 2. The number of benzene rings is 2. The number of hydrogen-bond acceptors (Lipinski definition) is 2. The Kier molecular flexibility index (Phi) is 4.48. The number of amides is 3. The van der Waals surface area contributed by atoms with Crippen molar-refractivity contribution in [2.24, 2.45) is 0 Å². The fraction of sp³-hybridized carbons (Fsp3) is 0.222. The van der Waals surface area contributed by atoms with Crippen molar-refractivity contribution in [2.75, 3.05) is 12.4 Å². The maximum Gasteiger partial charge on any atom is 0.327 e. The number of nitrogens with zero attached hydrogens (tertiary/aromatic N) is 2. The Morgan fingerprint density at radius 3 is 1.91 bits per heavy atom. The zero-order valence-corrected chi connectivity index (χ0v) is 14.3. The standard InChI is InChI=1S/C18H17BrN2O2/c1-20-16(13-8-4-2-5-9-13)17(14-10-6-3-7-11-14)21(18(20)23)15(22)12-19/h2-11,16-17H,12H2,1H3/t16-,17-/m0/s1. The highest BCUT2D eigenvalue weighted by Gasteiger charge is 2.47. The molecule has 1 aliphatic rings. The van der Waals surface area contributed by atoms with E-state index in [1.54, 1.807) is 11.9 Å². The van der Waals surface area contributed by atoms with Gasteiger partial charge < -0.3 is 4.90 Å². The minimum Gasteiger partial charge on any atom is -0.318 e. The predicted octanol–water partition coefficient (Wildman–Crippen LogP) is 3.76. The molecule has 0 spiro atoms. The van der Waals surface area contributed by atoms with Gasteiger partial charge in [0.2, 0.25) is 5.91 Å². The quantitative estimate of drug-likeness (QED) is 0.769. The number of rotatable bonds is 3. The van der Waals surface area contributed by atoms with Crippen LogP contribution in [0.3, 0.4) is 0 Å². The van der Waals surface area contributed by atoms with Gasteiger partial charge in [-0.3, -0.25) is 9.69 Å². The van der Waals surface area contributed by atoms with E-state index in [4.69, 9.17) is 0 Å². The molecule has 0 saturated carbocycles. The van der Waals surface area contributed by atoms with Crippen LogP contribution in [0.15, 0.2) is 60.7 Å². The first-order valence-electron chi connectivity index (χ1n) is 7.40. The molecule has 1 aliphatic heterocycles. The average molecular weight is 373 g/mol. The summed E-state index contributed by atoms with van der Waals surface area (Å²) in [5.41, 5.74) is 1.97. The first-order chi connectivity index (χ1) is 11.1. The molecule has 0 radical (unpaired) electrons. The molecule has 2 aromatic carbocycles. The van der Waals surface area contributed by atoms with Gasteiger partial charge in [-0.2, -0.15) is 0 Å². The van der Waals surface area contributed by atoms with Gasteiger partial charge in [-0.1, -0.05) is 76.6 Å². The molecule has 1 saturated heterocycles. The van der Waals surface area contributed by atoms with Crippen LogP contribution in [0.25, 0.3) is 0 Å². The minimum absolute atomic E-state index is 0.122. The summed E-state index contributed by atoms with van der Waals surface area (Å²) in [6, 6.07) is 18.7. The number of urea groups is 1. The Bertz CT molecular complexity index is 705. The molecule has 0 aliphatic carbocycles. The lowest BCUT2D eigenvalue weighted by molar-refractivity contribution is -0.126. The van der Waals surface area contributed by atoms with E-state index in [-0.39, 0.29) is 29.4 Å². The van der Waals surface area contributed by atoms with Crippen LogP contribution in [0.1, 0.15) is 23.2 Å². The summed E-state index contributed by atoms with van der Waals surface area (Å²) in [7, 11) is 1.75. The molecule has 1 heterocycles. The van der Waals surface area contributed by atoms with Crippen molar-refractivity contribution in [3.8, 4) is 0 Å². The van der Waals surface area contributed by atoms with Crippen molar-refractivity contribution in [3.63, 3.8) is 0 Å². The second-order valence-electron chi connectivity index (χ2n) is 5.50. The van der Waals surface area contributed by atoms with Crippen LogP contribution in [0.2, 0.25) is 0 Å². The van der Waals surface area contributed by atoms with E-state index in [0.29, 0.717) is 0 Å². The van der Waals surface area contributed by atoms with Crippen LogP contribution in [-0.2, 0) is 4.79 Å². The van der Waals surface area contributed by atoms with Crippen LogP contribution in [0.5, 0.6) is 0 Å². The Morgan fingerprint density at radius 2 is 1.43 bits per heavy atom. The molecule has 118 valence electrons. The van der Waals surface area contributed by atoms with Crippen molar-refractivity contribution in [1.82, 2.24) is 9.80 Å². The summed E-state index contributed by atoms with van der Waals surface area (Å²) in [5, 5.41) is 0.122. The van der Waals surface area contributed by atoms with Crippen LogP contribution < -0.4 is 0 Å². The molecule has 4 nitrogen and oxygen atoms in total. The van der Waals surface area contributed by atoms with Crippen LogP contribution >= 0.6 is 15.9 Å². The number of hydrogen-bond donors (Lipinski definition) is 0. The van der Waals surface area contributed by atoms with Crippen molar-refractivity contribution in [1.29, 1.82) is 0 Å². The number of halogens is 1. The van der Waals surface area contributed by atoms with Crippen molar-refractivity contribution in [2.45, 2.75) is 12.1 Å². The maximum atomic E-state index is 12.7. The summed E-state index contributed by atoms with van der Waals surface area (Å²) in [6.07, 6.45) is 0. The normalized spacial score (nSPS) is 20.9. The molecule has 3 rings (SSSR count). The molecule has 2 aromatic rings. The molecule has 0 unspecified atom stereocenters. The number of alkyl halides is 1. The van der Waals surface area contributed by atoms with Gasteiger partial charge in [-0.15, -0.1) is 0 Å². The molecule has 1 fully saturated rings. The molecule has 2 atom stereocenters. The second-order valence-corrected chi connectivity index (χ2v) is 6.06. The largest absolute Gasteiger partial charge is 0.327 e. The molecule has 0 N–H and O–H groups in total. The van der Waals surface area contributed by atoms with E-state index in [1.807, 2.05) is 60.7 Å². The van der Waals surface area contributed by atoms with E-state index in [1.165, 1.54) is 4.90 Å². The van der Waals surface area contributed by atoms with Crippen molar-refractivity contribution < 1.29 is 9.59 Å². The van der Waals surface area contributed by atoms with Gasteiger partial charge in [0.05, 0.1) is 17.4 Å². The molecular formula is C18H17BrN2O2. The van der Waals surface area contributed by atoms with Gasteiger partial charge in [-0.05, 0) is 11.1 Å². The summed E-state index contributed by atoms with van der Waals surface area (Å²) >= 11 is 3.19. The first kappa shape index (κ1) is 15.7. The lowest BCUT2D eigenvalue weighted by atomic mass is 9.93. The number of carbonyl (C=O) groups is 2. The monoisotopic (exact) mass is 372 g/mol. The van der Waals surface area contributed by atoms with Gasteiger partial charge >= 0.3 is 6.03 Å². The molecule has 23 heavy (non-hydrogen) atoms. The third kappa shape index (κ3) is 2.77. The SMILES string of the molecule is CN1C(=O)N(C(=O)CBr)[C@@H](c2ccccc2)[C@@H]1c1ccccc1. The topological polar surface area (TPSA) is 40.6 Å². The predicted molar refractivity (Wildman–Crippen MR) is 92.2 cm³/mol. The average Bonchev–Trinajstić information content (AvgIpc) is 2.87. The van der Waals surface area contributed by atoms with E-state index >= 15 is 0 Å². The minimum atomic E-state index is -0.332. The van der Waals surface area contributed by atoms with Crippen LogP contribution in [0.4, 0.5) is 4.79 Å². The van der Waals surface area contributed by atoms with E-state index in [9.17, 15) is 9.59 Å². The highest BCUT2D eigenvalue weighted by atomic mass is 79.9. The fourth-order valence-electron chi connectivity index (χ4n) is 3.12. The smallest absolute Gasteiger partial charge is 0.318 e. The van der Waals surface area contributed by atoms with E-state index < -0.39 is 0 Å². The first-order valence-corrected chi connectivity index (χ1v) is 8.52. The zero-order chi connectivity index (χ0) is 16.4. The van der Waals surface area contributed by atoms with Crippen LogP contribution in [0, 0.1) is 0 Å². The third-order valence-corrected chi connectivity index (χ3v) is 4.65. The molecule has 0 bridgehead atoms. The zero-order valence-electron chi connectivity index (χ0n) is 12.7. The Hall–Kier alpha value is -2.14. The highest BCUT2D eigenvalue weighted by Crippen LogP contribution is 2.44. The van der Waals surface area contributed by atoms with Crippen molar-refractivity contribution >= 4 is 27.9 Å². The Morgan fingerprint density at radius 1 is 0.957 bits per heavy atom. The summed E-state index contributed by atoms with van der Waals surface area (Å²) in [6.45, 7) is 0. The third-order valence-electron chi connectivity index (χ3n) is 4.17. The number of likely N-dealkylation sites (N-methyl/N-ethyl adjacent to an activating group) is 1. The Labute approximate surface area is 143 Å². The molecular weight excluding hydrogens is 356 g/mol. The molecule has 3 amide bonds. The lowest BCUT2D eigenvalue weighted by Gasteiger charge is -2.26. The number of imide groups is 1. The molecule has 5 heteroatoms. The van der Waals surface area contributed by atoms with Gasteiger partial charge in [0.1, 0.15) is 0 Å². The molecule has 0 aromatic heterocycles. The Balaban J connectivity index is 2.13. The van der Waals surface area contributed by atoms with Gasteiger partial charge in [0.15, 0.2) is 0 Å². The summed E-state index contributed by atoms with van der Waals surface area (Å²) < 4.78 is 0. The maximum absolute atomic E-state index is 12.7. The van der Waals surface area contributed by atoms with Gasteiger partial charge in [0, 0.05) is 7.05 Å². The van der Waals surface area contributed by atoms with E-state index in [2.05, 4.69) is 15.9 Å². The van der Waals surface area contributed by atoms with Crippen molar-refractivity contribution in [3.05, 3.63) is 71.8 Å². The summed E-state index contributed by atoms with van der Waals surface area (Å²) in [5.74, 6) is -0.228. The summed E-state index contributed by atoms with van der Waals surface area (Å²) in [4.78, 5) is 28.1. The van der Waals surface area contributed by atoms with Gasteiger partial charge in [-0.25, -0.2) is 4.79 Å². The second kappa shape index (κ2) is 6.54.